The number of hydrogen-bond donors (Lipinski definition) is 2. The predicted molar refractivity (Wildman–Crippen MR) is 116 cm³/mol. The summed E-state index contributed by atoms with van der Waals surface area (Å²) in [5.74, 6) is -5.48. The van der Waals surface area contributed by atoms with Gasteiger partial charge in [0, 0.05) is 25.4 Å². The Bertz CT molecular complexity index is 1020. The molecule has 4 rings (SSSR count). The number of primary amides is 1. The van der Waals surface area contributed by atoms with Crippen LogP contribution in [-0.2, 0) is 10.7 Å². The fourth-order valence-electron chi connectivity index (χ4n) is 5.37. The summed E-state index contributed by atoms with van der Waals surface area (Å²) in [6, 6.07) is 6.32. The summed E-state index contributed by atoms with van der Waals surface area (Å²) in [6.07, 6.45) is 2.00. The van der Waals surface area contributed by atoms with Gasteiger partial charge in [-0.15, -0.1) is 0 Å². The second kappa shape index (κ2) is 9.21. The molecule has 2 aliphatic carbocycles. The lowest BCUT2D eigenvalue weighted by Crippen LogP contribution is -2.44. The molecule has 1 unspecified atom stereocenters. The van der Waals surface area contributed by atoms with E-state index in [4.69, 9.17) is 5.73 Å². The van der Waals surface area contributed by atoms with Crippen LogP contribution in [0.5, 0.6) is 5.75 Å². The van der Waals surface area contributed by atoms with Crippen molar-refractivity contribution in [1.29, 1.82) is 5.26 Å². The third-order valence-corrected chi connectivity index (χ3v) is 7.74. The van der Waals surface area contributed by atoms with Crippen LogP contribution in [0.1, 0.15) is 50.5 Å². The number of benzene rings is 1. The molecule has 1 aromatic rings. The molecule has 35 heavy (non-hydrogen) atoms. The lowest BCUT2D eigenvalue weighted by atomic mass is 9.83. The second-order valence-electron chi connectivity index (χ2n) is 9.91. The number of nitriles is 1. The molecule has 1 heterocycles. The summed E-state index contributed by atoms with van der Waals surface area (Å²) in [5.41, 5.74) is 3.53. The number of carbonyl (C=O) groups is 2. The maximum absolute atomic E-state index is 15.2. The summed E-state index contributed by atoms with van der Waals surface area (Å²) in [7, 11) is 0. The van der Waals surface area contributed by atoms with Crippen LogP contribution in [0.4, 0.5) is 22.4 Å². The third-order valence-electron chi connectivity index (χ3n) is 7.74. The Morgan fingerprint density at radius 1 is 1.23 bits per heavy atom. The Morgan fingerprint density at radius 2 is 1.89 bits per heavy atom. The van der Waals surface area contributed by atoms with E-state index >= 15 is 8.78 Å². The maximum atomic E-state index is 15.2. The summed E-state index contributed by atoms with van der Waals surface area (Å²) in [6.45, 7) is -2.36. The molecule has 3 fully saturated rings. The number of amides is 3. The Kier molecular flexibility index (Phi) is 6.60. The first-order chi connectivity index (χ1) is 16.5. The molecule has 3 aliphatic rings. The standard InChI is InChI=1S/C24H28F4N4O3/c25-20(26)35-18-4-2-1-3-16(18)24(27,28)6-5-15(19(33)31-23(14-29)7-8-23)17-13-22(17)9-11-32(12-10-22)21(30)34/h1-4,15,17,20H,5-13H2,(H2,30,34)(H,31,33)/t15-,17?/m0/s1. The average Bonchev–Trinajstić information content (AvgIpc) is 3.72. The van der Waals surface area contributed by atoms with Gasteiger partial charge >= 0.3 is 12.6 Å². The molecule has 1 aromatic carbocycles. The first kappa shape index (κ1) is 25.1. The number of nitrogens with one attached hydrogen (secondary N) is 1. The molecule has 0 bridgehead atoms. The molecule has 0 aromatic heterocycles. The van der Waals surface area contributed by atoms with E-state index in [0.717, 1.165) is 12.1 Å². The van der Waals surface area contributed by atoms with Crippen molar-refractivity contribution >= 4 is 11.9 Å². The topological polar surface area (TPSA) is 108 Å². The molecule has 11 heteroatoms. The number of nitrogens with zero attached hydrogens (tertiary/aromatic N) is 2. The molecule has 1 saturated heterocycles. The number of halogens is 4. The number of piperidine rings is 1. The Morgan fingerprint density at radius 3 is 2.46 bits per heavy atom. The number of likely N-dealkylation sites (tertiary alicyclic amines) is 1. The van der Waals surface area contributed by atoms with E-state index in [1.165, 1.54) is 17.0 Å². The first-order valence-electron chi connectivity index (χ1n) is 11.7. The van der Waals surface area contributed by atoms with Crippen molar-refractivity contribution in [2.24, 2.45) is 23.0 Å². The maximum Gasteiger partial charge on any atom is 0.387 e. The average molecular weight is 497 g/mol. The number of nitrogens with two attached hydrogens (primary N) is 1. The van der Waals surface area contributed by atoms with Gasteiger partial charge in [-0.2, -0.15) is 14.0 Å². The molecular weight excluding hydrogens is 468 g/mol. The summed E-state index contributed by atoms with van der Waals surface area (Å²) < 4.78 is 60.1. The second-order valence-corrected chi connectivity index (χ2v) is 9.91. The van der Waals surface area contributed by atoms with Crippen LogP contribution in [0.25, 0.3) is 0 Å². The van der Waals surface area contributed by atoms with Gasteiger partial charge in [-0.05, 0) is 62.0 Å². The summed E-state index contributed by atoms with van der Waals surface area (Å²) >= 11 is 0. The third kappa shape index (κ3) is 5.31. The molecule has 190 valence electrons. The molecule has 7 nitrogen and oxygen atoms in total. The van der Waals surface area contributed by atoms with Crippen LogP contribution in [0.3, 0.4) is 0 Å². The van der Waals surface area contributed by atoms with Crippen LogP contribution < -0.4 is 15.8 Å². The van der Waals surface area contributed by atoms with Gasteiger partial charge in [0.05, 0.1) is 11.6 Å². The van der Waals surface area contributed by atoms with E-state index in [0.29, 0.717) is 45.2 Å². The van der Waals surface area contributed by atoms with Gasteiger partial charge in [-0.3, -0.25) is 4.79 Å². The largest absolute Gasteiger partial charge is 0.434 e. The Balaban J connectivity index is 1.49. The van der Waals surface area contributed by atoms with Gasteiger partial charge in [0.25, 0.3) is 5.92 Å². The van der Waals surface area contributed by atoms with Gasteiger partial charge in [0.2, 0.25) is 5.91 Å². The van der Waals surface area contributed by atoms with E-state index < -0.39 is 53.7 Å². The number of carbonyl (C=O) groups excluding carboxylic acids is 2. The summed E-state index contributed by atoms with van der Waals surface area (Å²) in [5, 5.41) is 12.1. The van der Waals surface area contributed by atoms with Crippen molar-refractivity contribution in [3.05, 3.63) is 29.8 Å². The number of para-hydroxylation sites is 1. The van der Waals surface area contributed by atoms with Crippen LogP contribution in [0.2, 0.25) is 0 Å². The smallest absolute Gasteiger partial charge is 0.387 e. The highest BCUT2D eigenvalue weighted by Gasteiger charge is 2.60. The minimum Gasteiger partial charge on any atom is -0.434 e. The molecule has 1 aliphatic heterocycles. The minimum absolute atomic E-state index is 0.171. The molecule has 1 spiro atoms. The van der Waals surface area contributed by atoms with Gasteiger partial charge < -0.3 is 20.7 Å². The highest BCUT2D eigenvalue weighted by molar-refractivity contribution is 5.81. The molecule has 2 atom stereocenters. The molecular formula is C24H28F4N4O3. The molecule has 0 radical (unpaired) electrons. The van der Waals surface area contributed by atoms with Crippen molar-refractivity contribution in [1.82, 2.24) is 10.2 Å². The molecule has 3 amide bonds. The zero-order valence-electron chi connectivity index (χ0n) is 19.1. The fraction of sp³-hybridized carbons (Fsp3) is 0.625. The fourth-order valence-corrected chi connectivity index (χ4v) is 5.37. The normalized spacial score (nSPS) is 22.9. The highest BCUT2D eigenvalue weighted by Crippen LogP contribution is 2.63. The van der Waals surface area contributed by atoms with Gasteiger partial charge in [0.15, 0.2) is 0 Å². The van der Waals surface area contributed by atoms with E-state index in [2.05, 4.69) is 16.1 Å². The first-order valence-corrected chi connectivity index (χ1v) is 11.7. The van der Waals surface area contributed by atoms with Crippen molar-refractivity contribution < 1.29 is 31.9 Å². The van der Waals surface area contributed by atoms with E-state index in [1.54, 1.807) is 0 Å². The zero-order valence-corrected chi connectivity index (χ0v) is 19.1. The number of rotatable bonds is 9. The van der Waals surface area contributed by atoms with Crippen molar-refractivity contribution in [2.75, 3.05) is 13.1 Å². The van der Waals surface area contributed by atoms with E-state index in [9.17, 15) is 23.6 Å². The van der Waals surface area contributed by atoms with E-state index in [-0.39, 0.29) is 17.8 Å². The lowest BCUT2D eigenvalue weighted by Gasteiger charge is -2.33. The van der Waals surface area contributed by atoms with Crippen LogP contribution in [0.15, 0.2) is 24.3 Å². The van der Waals surface area contributed by atoms with Gasteiger partial charge in [0.1, 0.15) is 11.3 Å². The lowest BCUT2D eigenvalue weighted by molar-refractivity contribution is -0.127. The zero-order chi connectivity index (χ0) is 25.4. The Hall–Kier alpha value is -3.03. The molecule has 3 N–H and O–H groups in total. The molecule has 2 saturated carbocycles. The number of ether oxygens (including phenoxy) is 1. The number of hydrogen-bond acceptors (Lipinski definition) is 4. The SMILES string of the molecule is N#CC1(NC(=O)[C@@H](CCC(F)(F)c2ccccc2OC(F)F)C2CC23CCN(C(N)=O)CC3)CC1. The monoisotopic (exact) mass is 496 g/mol. The quantitative estimate of drug-likeness (QED) is 0.501. The van der Waals surface area contributed by atoms with Crippen molar-refractivity contribution in [3.63, 3.8) is 0 Å². The summed E-state index contributed by atoms with van der Waals surface area (Å²) in [4.78, 5) is 26.2. The van der Waals surface area contributed by atoms with Crippen LogP contribution >= 0.6 is 0 Å². The van der Waals surface area contributed by atoms with Gasteiger partial charge in [-0.1, -0.05) is 12.1 Å². The van der Waals surface area contributed by atoms with Crippen molar-refractivity contribution in [2.45, 2.75) is 63.0 Å². The van der Waals surface area contributed by atoms with E-state index in [1.807, 2.05) is 0 Å². The predicted octanol–water partition coefficient (Wildman–Crippen LogP) is 4.13. The Labute approximate surface area is 200 Å². The number of urea groups is 1. The van der Waals surface area contributed by atoms with Crippen LogP contribution in [0, 0.1) is 28.6 Å². The van der Waals surface area contributed by atoms with Crippen molar-refractivity contribution in [3.8, 4) is 11.8 Å². The number of alkyl halides is 4. The minimum atomic E-state index is -3.51. The highest BCUT2D eigenvalue weighted by atomic mass is 19.3. The van der Waals surface area contributed by atoms with Gasteiger partial charge in [-0.25, -0.2) is 13.6 Å². The van der Waals surface area contributed by atoms with Crippen LogP contribution in [-0.4, -0.2) is 42.1 Å².